The van der Waals surface area contributed by atoms with Crippen molar-refractivity contribution in [2.24, 2.45) is 5.41 Å². The predicted molar refractivity (Wildman–Crippen MR) is 54.4 cm³/mol. The summed E-state index contributed by atoms with van der Waals surface area (Å²) < 4.78 is 5.78. The van der Waals surface area contributed by atoms with Gasteiger partial charge in [-0.2, -0.15) is 0 Å². The number of ether oxygens (including phenoxy) is 1. The van der Waals surface area contributed by atoms with E-state index >= 15 is 0 Å². The molecule has 0 radical (unpaired) electrons. The molecule has 0 saturated heterocycles. The van der Waals surface area contributed by atoms with Crippen molar-refractivity contribution < 1.29 is 4.74 Å². The summed E-state index contributed by atoms with van der Waals surface area (Å²) in [5.74, 6) is 0. The Balaban J connectivity index is 3.83. The van der Waals surface area contributed by atoms with Gasteiger partial charge < -0.3 is 4.74 Å². The SMILES string of the molecule is CCC(CC(C)(C)C)OC(C)C. The summed E-state index contributed by atoms with van der Waals surface area (Å²) in [6.07, 6.45) is 3.07. The second-order valence-electron chi connectivity index (χ2n) is 4.98. The zero-order valence-electron chi connectivity index (χ0n) is 9.48. The lowest BCUT2D eigenvalue weighted by molar-refractivity contribution is -0.0151. The van der Waals surface area contributed by atoms with Crippen LogP contribution in [0.3, 0.4) is 0 Å². The summed E-state index contributed by atoms with van der Waals surface area (Å²) in [7, 11) is 0. The molecular formula is C11H24O. The lowest BCUT2D eigenvalue weighted by atomic mass is 9.88. The molecule has 12 heavy (non-hydrogen) atoms. The van der Waals surface area contributed by atoms with E-state index in [-0.39, 0.29) is 0 Å². The smallest absolute Gasteiger partial charge is 0.0581 e. The molecule has 1 heteroatoms. The van der Waals surface area contributed by atoms with Crippen LogP contribution in [-0.4, -0.2) is 12.2 Å². The van der Waals surface area contributed by atoms with Gasteiger partial charge in [0.05, 0.1) is 12.2 Å². The van der Waals surface area contributed by atoms with Gasteiger partial charge in [-0.15, -0.1) is 0 Å². The second kappa shape index (κ2) is 4.86. The van der Waals surface area contributed by atoms with Crippen LogP contribution in [0, 0.1) is 5.41 Å². The van der Waals surface area contributed by atoms with Crippen molar-refractivity contribution in [2.75, 3.05) is 0 Å². The van der Waals surface area contributed by atoms with Crippen molar-refractivity contribution in [1.29, 1.82) is 0 Å². The Morgan fingerprint density at radius 2 is 1.67 bits per heavy atom. The van der Waals surface area contributed by atoms with Gasteiger partial charge in [0.1, 0.15) is 0 Å². The fourth-order valence-corrected chi connectivity index (χ4v) is 1.36. The quantitative estimate of drug-likeness (QED) is 0.629. The van der Waals surface area contributed by atoms with E-state index in [1.165, 1.54) is 0 Å². The molecule has 1 nitrogen and oxygen atoms in total. The monoisotopic (exact) mass is 172 g/mol. The van der Waals surface area contributed by atoms with Crippen LogP contribution in [0.15, 0.2) is 0 Å². The maximum Gasteiger partial charge on any atom is 0.0581 e. The largest absolute Gasteiger partial charge is 0.376 e. The van der Waals surface area contributed by atoms with Crippen LogP contribution in [0.4, 0.5) is 0 Å². The highest BCUT2D eigenvalue weighted by atomic mass is 16.5. The highest BCUT2D eigenvalue weighted by Gasteiger charge is 2.18. The Labute approximate surface area is 77.5 Å². The molecule has 74 valence electrons. The average molecular weight is 172 g/mol. The summed E-state index contributed by atoms with van der Waals surface area (Å²) in [5.41, 5.74) is 0.384. The van der Waals surface area contributed by atoms with E-state index in [0.29, 0.717) is 17.6 Å². The standard InChI is InChI=1S/C11H24O/c1-7-10(12-9(2)3)8-11(4,5)6/h9-10H,7-8H2,1-6H3. The van der Waals surface area contributed by atoms with E-state index in [0.717, 1.165) is 12.8 Å². The Kier molecular flexibility index (Phi) is 4.84. The molecule has 0 aromatic rings. The van der Waals surface area contributed by atoms with E-state index in [1.807, 2.05) is 0 Å². The van der Waals surface area contributed by atoms with Crippen molar-refractivity contribution in [3.8, 4) is 0 Å². The minimum Gasteiger partial charge on any atom is -0.376 e. The van der Waals surface area contributed by atoms with E-state index < -0.39 is 0 Å². The van der Waals surface area contributed by atoms with Crippen LogP contribution in [0.1, 0.15) is 54.4 Å². The molecule has 0 N–H and O–H groups in total. The van der Waals surface area contributed by atoms with Crippen LogP contribution in [0.5, 0.6) is 0 Å². The normalized spacial score (nSPS) is 15.2. The summed E-state index contributed by atoms with van der Waals surface area (Å²) in [5, 5.41) is 0. The third kappa shape index (κ3) is 6.66. The maximum atomic E-state index is 5.78. The van der Waals surface area contributed by atoms with Gasteiger partial charge in [-0.05, 0) is 32.1 Å². The molecule has 0 spiro atoms. The molecular weight excluding hydrogens is 148 g/mol. The summed E-state index contributed by atoms with van der Waals surface area (Å²) in [4.78, 5) is 0. The van der Waals surface area contributed by atoms with E-state index in [2.05, 4.69) is 41.5 Å². The highest BCUT2D eigenvalue weighted by molar-refractivity contribution is 4.68. The van der Waals surface area contributed by atoms with Crippen LogP contribution in [-0.2, 0) is 4.74 Å². The van der Waals surface area contributed by atoms with Crippen molar-refractivity contribution in [3.05, 3.63) is 0 Å². The predicted octanol–water partition coefficient (Wildman–Crippen LogP) is 3.63. The highest BCUT2D eigenvalue weighted by Crippen LogP contribution is 2.24. The van der Waals surface area contributed by atoms with Crippen LogP contribution in [0.25, 0.3) is 0 Å². The Morgan fingerprint density at radius 1 is 1.17 bits per heavy atom. The van der Waals surface area contributed by atoms with Crippen molar-refractivity contribution in [3.63, 3.8) is 0 Å². The van der Waals surface area contributed by atoms with Gasteiger partial charge in [-0.3, -0.25) is 0 Å². The van der Waals surface area contributed by atoms with Crippen molar-refractivity contribution >= 4 is 0 Å². The zero-order chi connectivity index (χ0) is 9.78. The molecule has 0 aromatic carbocycles. The van der Waals surface area contributed by atoms with Gasteiger partial charge >= 0.3 is 0 Å². The molecule has 0 heterocycles. The number of rotatable bonds is 4. The molecule has 0 aliphatic carbocycles. The fraction of sp³-hybridized carbons (Fsp3) is 1.00. The van der Waals surface area contributed by atoms with E-state index in [9.17, 15) is 0 Å². The van der Waals surface area contributed by atoms with Crippen LogP contribution >= 0.6 is 0 Å². The van der Waals surface area contributed by atoms with Crippen LogP contribution < -0.4 is 0 Å². The first-order valence-electron chi connectivity index (χ1n) is 5.00. The molecule has 0 rings (SSSR count). The summed E-state index contributed by atoms with van der Waals surface area (Å²) in [6.45, 7) is 13.2. The average Bonchev–Trinajstić information content (AvgIpc) is 1.82. The van der Waals surface area contributed by atoms with Gasteiger partial charge in [0.25, 0.3) is 0 Å². The molecule has 0 amide bonds. The third-order valence-electron chi connectivity index (χ3n) is 1.76. The Morgan fingerprint density at radius 3 is 1.92 bits per heavy atom. The van der Waals surface area contributed by atoms with Gasteiger partial charge in [0.2, 0.25) is 0 Å². The van der Waals surface area contributed by atoms with Gasteiger partial charge in [0, 0.05) is 0 Å². The first-order valence-corrected chi connectivity index (χ1v) is 5.00. The molecule has 0 aliphatic rings. The fourth-order valence-electron chi connectivity index (χ4n) is 1.36. The zero-order valence-corrected chi connectivity index (χ0v) is 9.48. The van der Waals surface area contributed by atoms with Crippen LogP contribution in [0.2, 0.25) is 0 Å². The van der Waals surface area contributed by atoms with E-state index in [1.54, 1.807) is 0 Å². The molecule has 0 aromatic heterocycles. The second-order valence-corrected chi connectivity index (χ2v) is 4.98. The van der Waals surface area contributed by atoms with Gasteiger partial charge in [-0.1, -0.05) is 27.7 Å². The Bertz CT molecular complexity index is 111. The Hall–Kier alpha value is -0.0400. The molecule has 0 bridgehead atoms. The van der Waals surface area contributed by atoms with Gasteiger partial charge in [-0.25, -0.2) is 0 Å². The maximum absolute atomic E-state index is 5.78. The van der Waals surface area contributed by atoms with E-state index in [4.69, 9.17) is 4.74 Å². The first-order chi connectivity index (χ1) is 5.35. The lowest BCUT2D eigenvalue weighted by Gasteiger charge is -2.26. The topological polar surface area (TPSA) is 9.23 Å². The van der Waals surface area contributed by atoms with Crippen molar-refractivity contribution in [2.45, 2.75) is 66.6 Å². The summed E-state index contributed by atoms with van der Waals surface area (Å²) >= 11 is 0. The molecule has 1 atom stereocenters. The molecule has 1 unspecified atom stereocenters. The number of hydrogen-bond acceptors (Lipinski definition) is 1. The molecule has 0 aliphatic heterocycles. The van der Waals surface area contributed by atoms with Gasteiger partial charge in [0.15, 0.2) is 0 Å². The van der Waals surface area contributed by atoms with Crippen molar-refractivity contribution in [1.82, 2.24) is 0 Å². The minimum atomic E-state index is 0.359. The minimum absolute atomic E-state index is 0.359. The lowest BCUT2D eigenvalue weighted by Crippen LogP contribution is -2.23. The summed E-state index contributed by atoms with van der Waals surface area (Å²) in [6, 6.07) is 0. The first kappa shape index (κ1) is 12.0. The number of hydrogen-bond donors (Lipinski definition) is 0. The molecule has 0 saturated carbocycles. The third-order valence-corrected chi connectivity index (χ3v) is 1.76. The molecule has 0 fully saturated rings.